The molecular weight excluding hydrogens is 560 g/mol. The topological polar surface area (TPSA) is 65.0 Å². The quantitative estimate of drug-likeness (QED) is 0.113. The molecule has 0 spiro atoms. The van der Waals surface area contributed by atoms with Gasteiger partial charge in [0.2, 0.25) is 5.75 Å². The van der Waals surface area contributed by atoms with Crippen molar-refractivity contribution < 1.29 is 24.1 Å². The Labute approximate surface area is 262 Å². The van der Waals surface area contributed by atoms with Crippen LogP contribution in [0.2, 0.25) is 0 Å². The third-order valence-corrected chi connectivity index (χ3v) is 7.34. The van der Waals surface area contributed by atoms with E-state index >= 15 is 0 Å². The lowest BCUT2D eigenvalue weighted by Gasteiger charge is -2.18. The number of allylic oxidation sites excluding steroid dienone is 1. The predicted octanol–water partition coefficient (Wildman–Crippen LogP) is 9.18. The van der Waals surface area contributed by atoms with Crippen molar-refractivity contribution in [3.8, 4) is 23.0 Å². The first-order chi connectivity index (χ1) is 22.1. The maximum absolute atomic E-state index is 13.3. The van der Waals surface area contributed by atoms with E-state index in [0.717, 1.165) is 22.1 Å². The van der Waals surface area contributed by atoms with E-state index in [9.17, 15) is 9.90 Å². The van der Waals surface area contributed by atoms with Crippen LogP contribution in [0.3, 0.4) is 0 Å². The first kappa shape index (κ1) is 29.3. The molecule has 5 heteroatoms. The fraction of sp³-hybridized carbons (Fsp3) is 0.0750. The molecule has 0 amide bonds. The van der Waals surface area contributed by atoms with Crippen molar-refractivity contribution in [2.24, 2.45) is 0 Å². The summed E-state index contributed by atoms with van der Waals surface area (Å²) in [5.41, 5.74) is 3.92. The van der Waals surface area contributed by atoms with E-state index in [0.29, 0.717) is 48.0 Å². The highest BCUT2D eigenvalue weighted by atomic mass is 16.5. The van der Waals surface area contributed by atoms with E-state index in [-0.39, 0.29) is 17.1 Å². The van der Waals surface area contributed by atoms with E-state index < -0.39 is 0 Å². The summed E-state index contributed by atoms with van der Waals surface area (Å²) in [6, 6.07) is 44.2. The number of phenolic OH excluding ortho intramolecular Hbond substituents is 1. The summed E-state index contributed by atoms with van der Waals surface area (Å²) in [5.74, 6) is 1.09. The molecule has 0 aliphatic carbocycles. The number of carbonyl (C=O) groups excluding carboxylic acids is 1. The van der Waals surface area contributed by atoms with Gasteiger partial charge >= 0.3 is 0 Å². The van der Waals surface area contributed by atoms with Crippen molar-refractivity contribution in [3.63, 3.8) is 0 Å². The molecular formula is C40H32O5. The Kier molecular flexibility index (Phi) is 9.18. The number of ether oxygens (including phenoxy) is 3. The van der Waals surface area contributed by atoms with Crippen LogP contribution < -0.4 is 14.2 Å². The van der Waals surface area contributed by atoms with Gasteiger partial charge in [-0.25, -0.2) is 0 Å². The van der Waals surface area contributed by atoms with Crippen LogP contribution in [0.25, 0.3) is 16.8 Å². The lowest BCUT2D eigenvalue weighted by Crippen LogP contribution is -2.04. The number of phenols is 1. The van der Waals surface area contributed by atoms with Gasteiger partial charge in [-0.3, -0.25) is 4.79 Å². The van der Waals surface area contributed by atoms with Crippen LogP contribution in [-0.4, -0.2) is 10.9 Å². The second-order valence-electron chi connectivity index (χ2n) is 10.5. The molecule has 0 saturated heterocycles. The minimum atomic E-state index is -0.318. The van der Waals surface area contributed by atoms with Crippen molar-refractivity contribution >= 4 is 22.6 Å². The molecule has 6 aromatic carbocycles. The fourth-order valence-electron chi connectivity index (χ4n) is 4.97. The number of rotatable bonds is 12. The number of hydrogen-bond donors (Lipinski definition) is 1. The van der Waals surface area contributed by atoms with E-state index in [2.05, 4.69) is 0 Å². The molecule has 0 atom stereocenters. The fourth-order valence-corrected chi connectivity index (χ4v) is 4.97. The van der Waals surface area contributed by atoms with E-state index in [1.54, 1.807) is 18.2 Å². The molecule has 0 bridgehead atoms. The maximum atomic E-state index is 13.3. The summed E-state index contributed by atoms with van der Waals surface area (Å²) in [5, 5.41) is 12.3. The molecule has 0 radical (unpaired) electrons. The zero-order chi connectivity index (χ0) is 30.8. The zero-order valence-electron chi connectivity index (χ0n) is 24.6. The van der Waals surface area contributed by atoms with E-state index in [1.807, 2.05) is 127 Å². The molecule has 0 fully saturated rings. The molecule has 0 aromatic heterocycles. The Balaban J connectivity index is 1.35. The molecule has 6 aromatic rings. The third kappa shape index (κ3) is 7.40. The van der Waals surface area contributed by atoms with Crippen molar-refractivity contribution in [1.82, 2.24) is 0 Å². The second kappa shape index (κ2) is 14.1. The molecule has 0 saturated carbocycles. The monoisotopic (exact) mass is 592 g/mol. The summed E-state index contributed by atoms with van der Waals surface area (Å²) in [6.45, 7) is 0.953. The standard InChI is InChI=1S/C40H32O5/c41-36(35-22-21-33-18-10-11-19-34(33)39(35)42)23-20-32-24-37(43-26-29-12-4-1-5-13-29)40(45-28-31-16-8-3-9-17-31)38(25-32)44-27-30-14-6-2-7-15-30/h1-25,42H,26-28H2. The van der Waals surface area contributed by atoms with E-state index in [4.69, 9.17) is 14.2 Å². The summed E-state index contributed by atoms with van der Waals surface area (Å²) >= 11 is 0. The summed E-state index contributed by atoms with van der Waals surface area (Å²) in [4.78, 5) is 13.3. The van der Waals surface area contributed by atoms with Gasteiger partial charge in [-0.05, 0) is 51.9 Å². The minimum Gasteiger partial charge on any atom is -0.507 e. The summed E-state index contributed by atoms with van der Waals surface area (Å²) < 4.78 is 19.0. The first-order valence-electron chi connectivity index (χ1n) is 14.8. The van der Waals surface area contributed by atoms with Crippen LogP contribution in [0.4, 0.5) is 0 Å². The third-order valence-electron chi connectivity index (χ3n) is 7.34. The summed E-state index contributed by atoms with van der Waals surface area (Å²) in [7, 11) is 0. The number of fused-ring (bicyclic) bond motifs is 1. The highest BCUT2D eigenvalue weighted by Gasteiger charge is 2.17. The molecule has 5 nitrogen and oxygen atoms in total. The summed E-state index contributed by atoms with van der Waals surface area (Å²) in [6.07, 6.45) is 3.15. The number of hydrogen-bond acceptors (Lipinski definition) is 5. The van der Waals surface area contributed by atoms with Gasteiger partial charge in [-0.1, -0.05) is 127 Å². The minimum absolute atomic E-state index is 0.0359. The molecule has 1 N–H and O–H groups in total. The van der Waals surface area contributed by atoms with Crippen molar-refractivity contribution in [2.75, 3.05) is 0 Å². The van der Waals surface area contributed by atoms with Crippen LogP contribution in [0.5, 0.6) is 23.0 Å². The average molecular weight is 593 g/mol. The molecule has 0 unspecified atom stereocenters. The highest BCUT2D eigenvalue weighted by molar-refractivity contribution is 6.11. The number of carbonyl (C=O) groups is 1. The molecule has 222 valence electrons. The highest BCUT2D eigenvalue weighted by Crippen LogP contribution is 2.41. The maximum Gasteiger partial charge on any atom is 0.203 e. The number of aromatic hydroxyl groups is 1. The van der Waals surface area contributed by atoms with Gasteiger partial charge < -0.3 is 19.3 Å². The van der Waals surface area contributed by atoms with Crippen LogP contribution >= 0.6 is 0 Å². The van der Waals surface area contributed by atoms with Gasteiger partial charge in [0.1, 0.15) is 25.6 Å². The molecule has 45 heavy (non-hydrogen) atoms. The van der Waals surface area contributed by atoms with Crippen molar-refractivity contribution in [1.29, 1.82) is 0 Å². The molecule has 0 aliphatic heterocycles. The van der Waals surface area contributed by atoms with Crippen molar-refractivity contribution in [3.05, 3.63) is 173 Å². The van der Waals surface area contributed by atoms with Gasteiger partial charge in [-0.15, -0.1) is 0 Å². The van der Waals surface area contributed by atoms with Gasteiger partial charge in [0.15, 0.2) is 17.3 Å². The largest absolute Gasteiger partial charge is 0.507 e. The Morgan fingerprint density at radius 1 is 0.578 bits per heavy atom. The van der Waals surface area contributed by atoms with Crippen LogP contribution in [0.1, 0.15) is 32.6 Å². The number of ketones is 1. The Morgan fingerprint density at radius 3 is 1.62 bits per heavy atom. The van der Waals surface area contributed by atoms with Crippen LogP contribution in [0, 0.1) is 0 Å². The lowest BCUT2D eigenvalue weighted by atomic mass is 10.0. The average Bonchev–Trinajstić information content (AvgIpc) is 3.09. The number of benzene rings is 6. The molecule has 0 aliphatic rings. The predicted molar refractivity (Wildman–Crippen MR) is 178 cm³/mol. The van der Waals surface area contributed by atoms with Gasteiger partial charge in [0.05, 0.1) is 5.56 Å². The van der Waals surface area contributed by atoms with E-state index in [1.165, 1.54) is 6.08 Å². The lowest BCUT2D eigenvalue weighted by molar-refractivity contribution is 0.104. The van der Waals surface area contributed by atoms with Gasteiger partial charge in [0, 0.05) is 5.39 Å². The SMILES string of the molecule is O=C(C=Cc1cc(OCc2ccccc2)c(OCc2ccccc2)c(OCc2ccccc2)c1)c1ccc2ccccc2c1O. The second-order valence-corrected chi connectivity index (χ2v) is 10.5. The first-order valence-corrected chi connectivity index (χ1v) is 14.8. The normalized spacial score (nSPS) is 11.0. The molecule has 0 heterocycles. The smallest absolute Gasteiger partial charge is 0.203 e. The molecule has 6 rings (SSSR count). The van der Waals surface area contributed by atoms with Crippen LogP contribution in [0.15, 0.2) is 146 Å². The Morgan fingerprint density at radius 2 is 1.07 bits per heavy atom. The van der Waals surface area contributed by atoms with Gasteiger partial charge in [-0.2, -0.15) is 0 Å². The van der Waals surface area contributed by atoms with Gasteiger partial charge in [0.25, 0.3) is 0 Å². The van der Waals surface area contributed by atoms with Crippen LogP contribution in [-0.2, 0) is 19.8 Å². The Bertz CT molecular complexity index is 1850. The zero-order valence-corrected chi connectivity index (χ0v) is 24.6. The van der Waals surface area contributed by atoms with Crippen molar-refractivity contribution in [2.45, 2.75) is 19.8 Å². The Hall–Kier alpha value is -5.81.